The van der Waals surface area contributed by atoms with Crippen molar-refractivity contribution < 1.29 is 4.79 Å². The number of rotatable bonds is 7. The molecule has 2 N–H and O–H groups in total. The van der Waals surface area contributed by atoms with Crippen LogP contribution >= 0.6 is 0 Å². The number of benzene rings is 1. The van der Waals surface area contributed by atoms with E-state index in [1.165, 1.54) is 31.2 Å². The highest BCUT2D eigenvalue weighted by Gasteiger charge is 2.17. The summed E-state index contributed by atoms with van der Waals surface area (Å²) in [4.78, 5) is 17.9. The predicted octanol–water partition coefficient (Wildman–Crippen LogP) is 2.57. The van der Waals surface area contributed by atoms with Crippen molar-refractivity contribution >= 4 is 11.9 Å². The van der Waals surface area contributed by atoms with E-state index in [2.05, 4.69) is 46.8 Å². The van der Waals surface area contributed by atoms with Crippen LogP contribution in [0.4, 0.5) is 0 Å². The van der Waals surface area contributed by atoms with Crippen molar-refractivity contribution in [1.82, 2.24) is 15.5 Å². The number of aryl methyl sites for hydroxylation is 1. The Kier molecular flexibility index (Phi) is 7.76. The zero-order valence-electron chi connectivity index (χ0n) is 15.8. The molecular weight excluding hydrogens is 312 g/mol. The van der Waals surface area contributed by atoms with Gasteiger partial charge in [0.15, 0.2) is 5.96 Å². The van der Waals surface area contributed by atoms with Crippen LogP contribution in [0.15, 0.2) is 35.3 Å². The van der Waals surface area contributed by atoms with E-state index in [4.69, 9.17) is 0 Å². The number of carbonyl (C=O) groups excluding carboxylic acids is 1. The zero-order chi connectivity index (χ0) is 18.1. The van der Waals surface area contributed by atoms with Crippen molar-refractivity contribution in [3.8, 4) is 0 Å². The molecule has 138 valence electrons. The number of nitrogens with one attached hydrogen (secondary N) is 2. The van der Waals surface area contributed by atoms with Gasteiger partial charge in [-0.1, -0.05) is 43.2 Å². The molecule has 5 nitrogen and oxygen atoms in total. The van der Waals surface area contributed by atoms with Gasteiger partial charge in [-0.2, -0.15) is 0 Å². The van der Waals surface area contributed by atoms with Crippen molar-refractivity contribution in [3.63, 3.8) is 0 Å². The normalized spacial score (nSPS) is 16.5. The first-order chi connectivity index (χ1) is 12.0. The first kappa shape index (κ1) is 19.3. The monoisotopic (exact) mass is 344 g/mol. The fourth-order valence-electron chi connectivity index (χ4n) is 3.02. The van der Waals surface area contributed by atoms with Gasteiger partial charge in [0.2, 0.25) is 5.91 Å². The molecule has 0 bridgehead atoms. The maximum atomic E-state index is 11.8. The molecule has 5 heteroatoms. The first-order valence-electron chi connectivity index (χ1n) is 9.36. The summed E-state index contributed by atoms with van der Waals surface area (Å²) in [5.41, 5.74) is 1.35. The molecule has 0 aromatic heterocycles. The van der Waals surface area contributed by atoms with E-state index >= 15 is 0 Å². The van der Waals surface area contributed by atoms with Gasteiger partial charge < -0.3 is 15.5 Å². The molecule has 1 aromatic carbocycles. The van der Waals surface area contributed by atoms with Crippen LogP contribution in [-0.2, 0) is 11.2 Å². The van der Waals surface area contributed by atoms with E-state index in [1.54, 1.807) is 19.0 Å². The van der Waals surface area contributed by atoms with Gasteiger partial charge in [-0.05, 0) is 38.2 Å². The summed E-state index contributed by atoms with van der Waals surface area (Å²) in [5, 5.41) is 6.98. The molecule has 0 radical (unpaired) electrons. The van der Waals surface area contributed by atoms with Gasteiger partial charge in [-0.15, -0.1) is 0 Å². The fraction of sp³-hybridized carbons (Fsp3) is 0.600. The van der Waals surface area contributed by atoms with Crippen LogP contribution in [0.1, 0.15) is 44.6 Å². The van der Waals surface area contributed by atoms with Crippen LogP contribution in [0.25, 0.3) is 0 Å². The molecule has 0 saturated heterocycles. The van der Waals surface area contributed by atoms with E-state index in [0.717, 1.165) is 18.8 Å². The van der Waals surface area contributed by atoms with Gasteiger partial charge in [0, 0.05) is 26.2 Å². The van der Waals surface area contributed by atoms with Crippen molar-refractivity contribution in [2.75, 3.05) is 20.6 Å². The second kappa shape index (κ2) is 10.1. The van der Waals surface area contributed by atoms with Gasteiger partial charge in [-0.3, -0.25) is 4.79 Å². The van der Waals surface area contributed by atoms with E-state index in [-0.39, 0.29) is 12.5 Å². The molecule has 2 rings (SSSR count). The van der Waals surface area contributed by atoms with Gasteiger partial charge in [-0.25, -0.2) is 4.99 Å². The number of amides is 1. The van der Waals surface area contributed by atoms with Crippen LogP contribution in [0, 0.1) is 0 Å². The Morgan fingerprint density at radius 3 is 2.56 bits per heavy atom. The highest BCUT2D eigenvalue weighted by Crippen LogP contribution is 2.17. The van der Waals surface area contributed by atoms with Gasteiger partial charge >= 0.3 is 0 Å². The first-order valence-corrected chi connectivity index (χ1v) is 9.36. The summed E-state index contributed by atoms with van der Waals surface area (Å²) in [5.74, 6) is 0.784. The average molecular weight is 345 g/mol. The number of nitrogens with zero attached hydrogens (tertiary/aromatic N) is 2. The van der Waals surface area contributed by atoms with E-state index in [9.17, 15) is 4.79 Å². The minimum Gasteiger partial charge on any atom is -0.354 e. The summed E-state index contributed by atoms with van der Waals surface area (Å²) >= 11 is 0. The Morgan fingerprint density at radius 1 is 1.24 bits per heavy atom. The second-order valence-electron chi connectivity index (χ2n) is 7.15. The third kappa shape index (κ3) is 7.16. The molecule has 1 aliphatic rings. The highest BCUT2D eigenvalue weighted by molar-refractivity contribution is 5.85. The number of hydrogen-bond donors (Lipinski definition) is 2. The minimum atomic E-state index is 0.0180. The molecule has 1 aliphatic carbocycles. The smallest absolute Gasteiger partial charge is 0.243 e. The van der Waals surface area contributed by atoms with Gasteiger partial charge in [0.1, 0.15) is 6.54 Å². The quantitative estimate of drug-likeness (QED) is 0.590. The van der Waals surface area contributed by atoms with Crippen molar-refractivity contribution in [2.45, 2.75) is 57.5 Å². The summed E-state index contributed by atoms with van der Waals surface area (Å²) < 4.78 is 0. The number of guanidine groups is 1. The topological polar surface area (TPSA) is 56.7 Å². The molecular formula is C20H32N4O. The number of hydrogen-bond acceptors (Lipinski definition) is 2. The molecule has 0 spiro atoms. The molecule has 1 unspecified atom stereocenters. The van der Waals surface area contributed by atoms with Crippen LogP contribution < -0.4 is 10.6 Å². The van der Waals surface area contributed by atoms with Crippen LogP contribution in [0.3, 0.4) is 0 Å². The number of likely N-dealkylation sites (N-methyl/N-ethyl adjacent to an activating group) is 1. The van der Waals surface area contributed by atoms with Crippen LogP contribution in [0.2, 0.25) is 0 Å². The number of aliphatic imine (C=N–C) groups is 1. The fourth-order valence-corrected chi connectivity index (χ4v) is 3.02. The van der Waals surface area contributed by atoms with Crippen molar-refractivity contribution in [2.24, 2.45) is 4.99 Å². The number of carbonyl (C=O) groups is 1. The molecule has 1 amide bonds. The predicted molar refractivity (Wildman–Crippen MR) is 104 cm³/mol. The van der Waals surface area contributed by atoms with E-state index < -0.39 is 0 Å². The van der Waals surface area contributed by atoms with E-state index in [0.29, 0.717) is 12.1 Å². The Hall–Kier alpha value is -2.04. The second-order valence-corrected chi connectivity index (χ2v) is 7.15. The third-order valence-corrected chi connectivity index (χ3v) is 4.66. The summed E-state index contributed by atoms with van der Waals surface area (Å²) in [6.07, 6.45) is 6.96. The van der Waals surface area contributed by atoms with Crippen LogP contribution in [-0.4, -0.2) is 49.5 Å². The van der Waals surface area contributed by atoms with Crippen LogP contribution in [0.5, 0.6) is 0 Å². The standard InChI is InChI=1S/C20H32N4O/c1-16(13-14-17-9-5-4-6-10-17)22-20(21-15-19(25)24(2)3)23-18-11-7-8-12-18/h4-6,9-10,16,18H,7-8,11-15H2,1-3H3,(H2,21,22,23). The lowest BCUT2D eigenvalue weighted by molar-refractivity contribution is -0.127. The molecule has 0 heterocycles. The maximum absolute atomic E-state index is 11.8. The minimum absolute atomic E-state index is 0.0180. The van der Waals surface area contributed by atoms with Gasteiger partial charge in [0.25, 0.3) is 0 Å². The molecule has 0 aliphatic heterocycles. The van der Waals surface area contributed by atoms with Crippen molar-refractivity contribution in [1.29, 1.82) is 0 Å². The average Bonchev–Trinajstić information content (AvgIpc) is 3.11. The van der Waals surface area contributed by atoms with Gasteiger partial charge in [0.05, 0.1) is 0 Å². The SMILES string of the molecule is CC(CCc1ccccc1)NC(=NCC(=O)N(C)C)NC1CCCC1. The Labute approximate surface area is 151 Å². The summed E-state index contributed by atoms with van der Waals surface area (Å²) in [7, 11) is 3.52. The maximum Gasteiger partial charge on any atom is 0.243 e. The summed E-state index contributed by atoms with van der Waals surface area (Å²) in [6.45, 7) is 2.35. The van der Waals surface area contributed by atoms with E-state index in [1.807, 2.05) is 6.07 Å². The molecule has 1 saturated carbocycles. The largest absolute Gasteiger partial charge is 0.354 e. The lowest BCUT2D eigenvalue weighted by atomic mass is 10.1. The lowest BCUT2D eigenvalue weighted by Crippen LogP contribution is -2.46. The van der Waals surface area contributed by atoms with Crippen molar-refractivity contribution in [3.05, 3.63) is 35.9 Å². The molecule has 1 aromatic rings. The summed E-state index contributed by atoms with van der Waals surface area (Å²) in [6, 6.07) is 11.3. The Morgan fingerprint density at radius 2 is 1.92 bits per heavy atom. The molecule has 1 fully saturated rings. The lowest BCUT2D eigenvalue weighted by Gasteiger charge is -2.21. The Bertz CT molecular complexity index is 550. The molecule has 25 heavy (non-hydrogen) atoms. The highest BCUT2D eigenvalue weighted by atomic mass is 16.2. The zero-order valence-corrected chi connectivity index (χ0v) is 15.8. The third-order valence-electron chi connectivity index (χ3n) is 4.66. The molecule has 1 atom stereocenters. The Balaban J connectivity index is 1.88.